The lowest BCUT2D eigenvalue weighted by molar-refractivity contribution is 0.0478. The van der Waals surface area contributed by atoms with E-state index >= 15 is 0 Å². The quantitative estimate of drug-likeness (QED) is 0.866. The largest absolute Gasteiger partial charge is 0.375 e. The average Bonchev–Trinajstić information content (AvgIpc) is 2.58. The van der Waals surface area contributed by atoms with E-state index in [9.17, 15) is 0 Å². The van der Waals surface area contributed by atoms with Crippen molar-refractivity contribution in [1.82, 2.24) is 5.32 Å². The van der Waals surface area contributed by atoms with Crippen LogP contribution in [0, 0.1) is 11.8 Å². The summed E-state index contributed by atoms with van der Waals surface area (Å²) >= 11 is 0. The van der Waals surface area contributed by atoms with Gasteiger partial charge in [-0.05, 0) is 32.4 Å². The molecule has 1 aromatic carbocycles. The lowest BCUT2D eigenvalue weighted by Gasteiger charge is -2.29. The Morgan fingerprint density at radius 1 is 1.06 bits per heavy atom. The zero-order chi connectivity index (χ0) is 12.4. The summed E-state index contributed by atoms with van der Waals surface area (Å²) in [6.45, 7) is 6.67. The van der Waals surface area contributed by atoms with Gasteiger partial charge in [-0.25, -0.2) is 0 Å². The highest BCUT2D eigenvalue weighted by atomic mass is 16.5. The lowest BCUT2D eigenvalue weighted by Crippen LogP contribution is -2.33. The first-order valence-electron chi connectivity index (χ1n) is 6.52. The van der Waals surface area contributed by atoms with Gasteiger partial charge in [0.2, 0.25) is 0 Å². The fraction of sp³-hybridized carbons (Fsp3) is 0.600. The molecule has 17 heavy (non-hydrogen) atoms. The van der Waals surface area contributed by atoms with Crippen LogP contribution in [0.1, 0.15) is 32.4 Å². The summed E-state index contributed by atoms with van der Waals surface area (Å²) in [4.78, 5) is 0. The van der Waals surface area contributed by atoms with Crippen LogP contribution in [-0.4, -0.2) is 19.3 Å². The SMILES string of the molecule is CNC(c1ccccc1)C1C(C)OC(C)C1C. The maximum Gasteiger partial charge on any atom is 0.0600 e. The van der Waals surface area contributed by atoms with Crippen LogP contribution in [0.15, 0.2) is 30.3 Å². The smallest absolute Gasteiger partial charge is 0.0600 e. The second-order valence-corrected chi connectivity index (χ2v) is 5.16. The molecule has 2 rings (SSSR count). The van der Waals surface area contributed by atoms with E-state index in [-0.39, 0.29) is 0 Å². The minimum Gasteiger partial charge on any atom is -0.375 e. The van der Waals surface area contributed by atoms with Gasteiger partial charge in [-0.15, -0.1) is 0 Å². The predicted octanol–water partition coefficient (Wildman–Crippen LogP) is 3.01. The fourth-order valence-electron chi connectivity index (χ4n) is 3.11. The Morgan fingerprint density at radius 2 is 1.71 bits per heavy atom. The Morgan fingerprint density at radius 3 is 2.18 bits per heavy atom. The lowest BCUT2D eigenvalue weighted by atomic mass is 9.80. The van der Waals surface area contributed by atoms with Crippen molar-refractivity contribution < 1.29 is 4.74 Å². The molecule has 0 saturated carbocycles. The normalized spacial score (nSPS) is 34.8. The molecule has 5 atom stereocenters. The average molecular weight is 233 g/mol. The van der Waals surface area contributed by atoms with E-state index in [1.165, 1.54) is 5.56 Å². The summed E-state index contributed by atoms with van der Waals surface area (Å²) < 4.78 is 5.95. The summed E-state index contributed by atoms with van der Waals surface area (Å²) in [5, 5.41) is 3.46. The molecule has 0 spiro atoms. The van der Waals surface area contributed by atoms with Gasteiger partial charge in [0.15, 0.2) is 0 Å². The van der Waals surface area contributed by atoms with Crippen molar-refractivity contribution in [2.45, 2.75) is 39.0 Å². The Bertz CT molecular complexity index is 351. The van der Waals surface area contributed by atoms with Gasteiger partial charge in [-0.2, -0.15) is 0 Å². The number of ether oxygens (including phenoxy) is 1. The number of hydrogen-bond acceptors (Lipinski definition) is 2. The molecule has 0 radical (unpaired) electrons. The molecule has 1 heterocycles. The molecule has 2 nitrogen and oxygen atoms in total. The van der Waals surface area contributed by atoms with Gasteiger partial charge >= 0.3 is 0 Å². The molecule has 1 fully saturated rings. The molecular weight excluding hydrogens is 210 g/mol. The number of rotatable bonds is 3. The highest BCUT2D eigenvalue weighted by molar-refractivity contribution is 5.20. The maximum atomic E-state index is 5.95. The third-order valence-corrected chi connectivity index (χ3v) is 4.17. The fourth-order valence-corrected chi connectivity index (χ4v) is 3.11. The van der Waals surface area contributed by atoms with E-state index in [1.807, 2.05) is 7.05 Å². The van der Waals surface area contributed by atoms with Crippen molar-refractivity contribution >= 4 is 0 Å². The minimum absolute atomic E-state index is 0.317. The molecule has 0 bridgehead atoms. The van der Waals surface area contributed by atoms with Crippen molar-refractivity contribution in [2.75, 3.05) is 7.05 Å². The standard InChI is InChI=1S/C15H23NO/c1-10-11(2)17-12(3)14(10)15(16-4)13-8-6-5-7-9-13/h5-12,14-16H,1-4H3. The maximum absolute atomic E-state index is 5.95. The van der Waals surface area contributed by atoms with E-state index < -0.39 is 0 Å². The van der Waals surface area contributed by atoms with Crippen molar-refractivity contribution in [1.29, 1.82) is 0 Å². The molecule has 1 aliphatic heterocycles. The summed E-state index contributed by atoms with van der Waals surface area (Å²) in [5.41, 5.74) is 1.36. The monoisotopic (exact) mass is 233 g/mol. The Balaban J connectivity index is 2.24. The molecule has 94 valence electrons. The highest BCUT2D eigenvalue weighted by Crippen LogP contribution is 2.40. The van der Waals surface area contributed by atoms with Crippen molar-refractivity contribution in [3.63, 3.8) is 0 Å². The molecule has 1 aromatic rings. The van der Waals surface area contributed by atoms with Gasteiger partial charge < -0.3 is 10.1 Å². The number of nitrogens with one attached hydrogen (secondary N) is 1. The van der Waals surface area contributed by atoms with E-state index in [4.69, 9.17) is 4.74 Å². The van der Waals surface area contributed by atoms with Crippen LogP contribution < -0.4 is 5.32 Å². The van der Waals surface area contributed by atoms with Crippen molar-refractivity contribution in [3.05, 3.63) is 35.9 Å². The van der Waals surface area contributed by atoms with Gasteiger partial charge in [-0.3, -0.25) is 0 Å². The van der Waals surface area contributed by atoms with Crippen molar-refractivity contribution in [2.24, 2.45) is 11.8 Å². The van der Waals surface area contributed by atoms with E-state index in [1.54, 1.807) is 0 Å². The Hall–Kier alpha value is -0.860. The van der Waals surface area contributed by atoms with Crippen LogP contribution in [0.2, 0.25) is 0 Å². The summed E-state index contributed by atoms with van der Waals surface area (Å²) in [6, 6.07) is 11.1. The minimum atomic E-state index is 0.317. The zero-order valence-electron chi connectivity index (χ0n) is 11.2. The van der Waals surface area contributed by atoms with E-state index in [0.717, 1.165) is 0 Å². The van der Waals surface area contributed by atoms with Crippen LogP contribution in [0.25, 0.3) is 0 Å². The second-order valence-electron chi connectivity index (χ2n) is 5.16. The van der Waals surface area contributed by atoms with Gasteiger partial charge in [0, 0.05) is 12.0 Å². The molecule has 0 amide bonds. The first-order chi connectivity index (χ1) is 8.15. The second kappa shape index (κ2) is 5.19. The molecular formula is C15H23NO. The van der Waals surface area contributed by atoms with Crippen LogP contribution in [-0.2, 0) is 4.74 Å². The molecule has 1 aliphatic rings. The van der Waals surface area contributed by atoms with E-state index in [2.05, 4.69) is 56.4 Å². The predicted molar refractivity (Wildman–Crippen MR) is 70.9 cm³/mol. The molecule has 1 N–H and O–H groups in total. The topological polar surface area (TPSA) is 21.3 Å². The Kier molecular flexibility index (Phi) is 3.85. The highest BCUT2D eigenvalue weighted by Gasteiger charge is 2.41. The summed E-state index contributed by atoms with van der Waals surface area (Å²) in [7, 11) is 2.04. The van der Waals surface area contributed by atoms with Gasteiger partial charge in [0.1, 0.15) is 0 Å². The zero-order valence-corrected chi connectivity index (χ0v) is 11.2. The third-order valence-electron chi connectivity index (χ3n) is 4.17. The number of hydrogen-bond donors (Lipinski definition) is 1. The van der Waals surface area contributed by atoms with Crippen LogP contribution in [0.3, 0.4) is 0 Å². The molecule has 0 aromatic heterocycles. The van der Waals surface area contributed by atoms with Crippen LogP contribution >= 0.6 is 0 Å². The third kappa shape index (κ3) is 2.38. The molecule has 0 aliphatic carbocycles. The Labute approximate surface area is 104 Å². The van der Waals surface area contributed by atoms with Gasteiger partial charge in [-0.1, -0.05) is 37.3 Å². The van der Waals surface area contributed by atoms with Gasteiger partial charge in [0.25, 0.3) is 0 Å². The summed E-state index contributed by atoms with van der Waals surface area (Å²) in [5.74, 6) is 1.13. The van der Waals surface area contributed by atoms with Gasteiger partial charge in [0.05, 0.1) is 12.2 Å². The van der Waals surface area contributed by atoms with Crippen LogP contribution in [0.4, 0.5) is 0 Å². The van der Waals surface area contributed by atoms with Crippen LogP contribution in [0.5, 0.6) is 0 Å². The molecule has 1 saturated heterocycles. The molecule has 2 heteroatoms. The van der Waals surface area contributed by atoms with Crippen molar-refractivity contribution in [3.8, 4) is 0 Å². The summed E-state index contributed by atoms with van der Waals surface area (Å²) in [6.07, 6.45) is 0.673. The first-order valence-corrected chi connectivity index (χ1v) is 6.52. The number of benzene rings is 1. The van der Waals surface area contributed by atoms with E-state index in [0.29, 0.717) is 30.1 Å². The first kappa shape index (κ1) is 12.6. The molecule has 5 unspecified atom stereocenters.